The minimum Gasteiger partial charge on any atom is -0.376 e. The van der Waals surface area contributed by atoms with Crippen LogP contribution in [0.5, 0.6) is 0 Å². The second-order valence-corrected chi connectivity index (χ2v) is 4.07. The molecule has 1 rings (SSSR count). The van der Waals surface area contributed by atoms with Crippen molar-refractivity contribution in [1.29, 1.82) is 0 Å². The summed E-state index contributed by atoms with van der Waals surface area (Å²) in [6, 6.07) is 0. The highest BCUT2D eigenvalue weighted by Gasteiger charge is 2.35. The third-order valence-corrected chi connectivity index (χ3v) is 3.01. The van der Waals surface area contributed by atoms with Crippen LogP contribution in [0.15, 0.2) is 0 Å². The Bertz CT molecular complexity index is 109. The molecule has 1 N–H and O–H groups in total. The summed E-state index contributed by atoms with van der Waals surface area (Å²) in [5, 5.41) is 3.25. The molecular formula is C8H17NOS. The van der Waals surface area contributed by atoms with Crippen LogP contribution in [0.2, 0.25) is 0 Å². The third kappa shape index (κ3) is 2.36. The number of hydrogen-bond acceptors (Lipinski definition) is 3. The van der Waals surface area contributed by atoms with Crippen LogP contribution in [-0.4, -0.2) is 37.8 Å². The van der Waals surface area contributed by atoms with Crippen molar-refractivity contribution in [2.24, 2.45) is 0 Å². The first-order valence-electron chi connectivity index (χ1n) is 4.08. The molecule has 0 radical (unpaired) electrons. The lowest BCUT2D eigenvalue weighted by atomic mass is 9.91. The van der Waals surface area contributed by atoms with Gasteiger partial charge in [0.1, 0.15) is 0 Å². The summed E-state index contributed by atoms with van der Waals surface area (Å²) in [6.45, 7) is 2.08. The first-order chi connectivity index (χ1) is 5.33. The van der Waals surface area contributed by atoms with Crippen molar-refractivity contribution in [2.45, 2.75) is 18.4 Å². The number of thioether (sulfide) groups is 1. The maximum Gasteiger partial charge on any atom is 0.0926 e. The van der Waals surface area contributed by atoms with Crippen LogP contribution in [0.4, 0.5) is 0 Å². The van der Waals surface area contributed by atoms with Gasteiger partial charge in [-0.2, -0.15) is 11.8 Å². The fourth-order valence-corrected chi connectivity index (χ4v) is 1.80. The third-order valence-electron chi connectivity index (χ3n) is 2.31. The molecule has 1 aliphatic heterocycles. The van der Waals surface area contributed by atoms with Crippen molar-refractivity contribution < 1.29 is 4.74 Å². The normalized spacial score (nSPS) is 21.3. The average Bonchev–Trinajstić information content (AvgIpc) is 1.95. The highest BCUT2D eigenvalue weighted by atomic mass is 32.2. The van der Waals surface area contributed by atoms with Crippen molar-refractivity contribution in [3.05, 3.63) is 0 Å². The Hall–Kier alpha value is 0.270. The van der Waals surface area contributed by atoms with Crippen LogP contribution in [0.1, 0.15) is 12.8 Å². The maximum absolute atomic E-state index is 5.45. The van der Waals surface area contributed by atoms with Gasteiger partial charge < -0.3 is 10.1 Å². The molecular weight excluding hydrogens is 158 g/mol. The number of rotatable bonds is 5. The topological polar surface area (TPSA) is 21.3 Å². The van der Waals surface area contributed by atoms with Crippen LogP contribution in [0.25, 0.3) is 0 Å². The summed E-state index contributed by atoms with van der Waals surface area (Å²) in [5.41, 5.74) is 0.190. The van der Waals surface area contributed by atoms with Gasteiger partial charge >= 0.3 is 0 Å². The van der Waals surface area contributed by atoms with Gasteiger partial charge in [0, 0.05) is 20.2 Å². The Morgan fingerprint density at radius 3 is 2.64 bits per heavy atom. The van der Waals surface area contributed by atoms with Gasteiger partial charge in [-0.15, -0.1) is 0 Å². The molecule has 0 spiro atoms. The summed E-state index contributed by atoms with van der Waals surface area (Å²) in [6.07, 6.45) is 4.63. The molecule has 0 aromatic heterocycles. The number of ether oxygens (including phenoxy) is 1. The molecule has 1 aliphatic rings. The molecule has 0 aromatic rings. The predicted octanol–water partition coefficient (Wildman–Crippen LogP) is 1.12. The summed E-state index contributed by atoms with van der Waals surface area (Å²) in [4.78, 5) is 0. The Morgan fingerprint density at radius 2 is 2.27 bits per heavy atom. The number of methoxy groups -OCH3 is 1. The minimum atomic E-state index is 0.190. The molecule has 66 valence electrons. The molecule has 11 heavy (non-hydrogen) atoms. The highest BCUT2D eigenvalue weighted by Crippen LogP contribution is 2.22. The van der Waals surface area contributed by atoms with Crippen molar-refractivity contribution >= 4 is 11.8 Å². The van der Waals surface area contributed by atoms with Gasteiger partial charge in [0.15, 0.2) is 0 Å². The van der Waals surface area contributed by atoms with Gasteiger partial charge in [-0.05, 0) is 24.9 Å². The van der Waals surface area contributed by atoms with Crippen molar-refractivity contribution in [1.82, 2.24) is 5.32 Å². The fourth-order valence-electron chi connectivity index (χ4n) is 1.37. The lowest BCUT2D eigenvalue weighted by Gasteiger charge is -2.41. The van der Waals surface area contributed by atoms with E-state index in [-0.39, 0.29) is 5.60 Å². The Balaban J connectivity index is 2.11. The van der Waals surface area contributed by atoms with Crippen molar-refractivity contribution in [2.75, 3.05) is 32.2 Å². The van der Waals surface area contributed by atoms with Gasteiger partial charge in [0.2, 0.25) is 0 Å². The number of hydrogen-bond donors (Lipinski definition) is 1. The predicted molar refractivity (Wildman–Crippen MR) is 50.2 cm³/mol. The maximum atomic E-state index is 5.45. The molecule has 0 atom stereocenters. The van der Waals surface area contributed by atoms with E-state index in [9.17, 15) is 0 Å². The van der Waals surface area contributed by atoms with Crippen LogP contribution in [0.3, 0.4) is 0 Å². The molecule has 1 heterocycles. The molecule has 0 bridgehead atoms. The summed E-state index contributed by atoms with van der Waals surface area (Å²) >= 11 is 1.91. The second kappa shape index (κ2) is 4.33. The van der Waals surface area contributed by atoms with Gasteiger partial charge in [-0.25, -0.2) is 0 Å². The largest absolute Gasteiger partial charge is 0.376 e. The summed E-state index contributed by atoms with van der Waals surface area (Å²) < 4.78 is 5.45. The van der Waals surface area contributed by atoms with E-state index in [1.54, 1.807) is 0 Å². The smallest absolute Gasteiger partial charge is 0.0926 e. The van der Waals surface area contributed by atoms with E-state index in [1.807, 2.05) is 18.9 Å². The van der Waals surface area contributed by atoms with Crippen LogP contribution < -0.4 is 5.32 Å². The van der Waals surface area contributed by atoms with E-state index in [0.717, 1.165) is 13.1 Å². The molecule has 0 aromatic carbocycles. The minimum absolute atomic E-state index is 0.190. The summed E-state index contributed by atoms with van der Waals surface area (Å²) in [7, 11) is 1.82. The molecule has 0 aliphatic carbocycles. The monoisotopic (exact) mass is 175 g/mol. The van der Waals surface area contributed by atoms with Crippen molar-refractivity contribution in [3.63, 3.8) is 0 Å². The van der Waals surface area contributed by atoms with Crippen LogP contribution >= 0.6 is 11.8 Å². The van der Waals surface area contributed by atoms with E-state index >= 15 is 0 Å². The quantitative estimate of drug-likeness (QED) is 0.633. The zero-order chi connectivity index (χ0) is 8.16. The van der Waals surface area contributed by atoms with Gasteiger partial charge in [0.25, 0.3) is 0 Å². The molecule has 1 saturated heterocycles. The van der Waals surface area contributed by atoms with E-state index in [0.29, 0.717) is 0 Å². The van der Waals surface area contributed by atoms with E-state index in [2.05, 4.69) is 11.6 Å². The lowest BCUT2D eigenvalue weighted by molar-refractivity contribution is -0.0571. The van der Waals surface area contributed by atoms with Gasteiger partial charge in [0.05, 0.1) is 5.60 Å². The molecule has 3 heteroatoms. The number of nitrogens with one attached hydrogen (secondary N) is 1. The van der Waals surface area contributed by atoms with E-state index < -0.39 is 0 Å². The van der Waals surface area contributed by atoms with Gasteiger partial charge in [-0.1, -0.05) is 0 Å². The standard InChI is InChI=1S/C8H17NOS/c1-10-8(6-9-7-8)4-3-5-11-2/h9H,3-7H2,1-2H3. The lowest BCUT2D eigenvalue weighted by Crippen LogP contribution is -2.60. The van der Waals surface area contributed by atoms with Crippen molar-refractivity contribution in [3.8, 4) is 0 Å². The second-order valence-electron chi connectivity index (χ2n) is 3.09. The summed E-state index contributed by atoms with van der Waals surface area (Å²) in [5.74, 6) is 1.26. The van der Waals surface area contributed by atoms with Gasteiger partial charge in [-0.3, -0.25) is 0 Å². The van der Waals surface area contributed by atoms with E-state index in [4.69, 9.17) is 4.74 Å². The van der Waals surface area contributed by atoms with Crippen LogP contribution in [-0.2, 0) is 4.74 Å². The Morgan fingerprint density at radius 1 is 1.55 bits per heavy atom. The molecule has 1 fully saturated rings. The van der Waals surface area contributed by atoms with Crippen LogP contribution in [0, 0.1) is 0 Å². The molecule has 0 saturated carbocycles. The Labute approximate surface area is 73.1 Å². The zero-order valence-corrected chi connectivity index (χ0v) is 8.17. The first kappa shape index (κ1) is 9.36. The Kier molecular flexibility index (Phi) is 3.69. The first-order valence-corrected chi connectivity index (χ1v) is 5.47. The molecule has 0 amide bonds. The average molecular weight is 175 g/mol. The van der Waals surface area contributed by atoms with E-state index in [1.165, 1.54) is 18.6 Å². The fraction of sp³-hybridized carbons (Fsp3) is 1.00. The zero-order valence-electron chi connectivity index (χ0n) is 7.35. The SMILES string of the molecule is COC1(CCCSC)CNC1. The molecule has 0 unspecified atom stereocenters. The molecule has 2 nitrogen and oxygen atoms in total. The highest BCUT2D eigenvalue weighted by molar-refractivity contribution is 7.98.